The molecule has 1 amide bonds. The minimum atomic E-state index is -1.74. The number of hydrogen-bond acceptors (Lipinski definition) is 3. The van der Waals surface area contributed by atoms with Gasteiger partial charge in [-0.05, 0) is 18.9 Å². The van der Waals surface area contributed by atoms with Crippen molar-refractivity contribution in [3.8, 4) is 5.75 Å². The highest BCUT2D eigenvalue weighted by atomic mass is 19.2. The molecule has 1 saturated carbocycles. The van der Waals surface area contributed by atoms with Crippen molar-refractivity contribution in [1.29, 1.82) is 0 Å². The Bertz CT molecular complexity index is 515. The fraction of sp³-hybridized carbons (Fsp3) is 0.364. The number of amides is 1. The molecule has 0 heterocycles. The van der Waals surface area contributed by atoms with Gasteiger partial charge in [0.15, 0.2) is 17.4 Å². The number of carbonyl (C=O) groups is 1. The maximum atomic E-state index is 13.4. The van der Waals surface area contributed by atoms with Gasteiger partial charge in [-0.2, -0.15) is 4.39 Å². The monoisotopic (exact) mass is 261 g/mol. The van der Waals surface area contributed by atoms with Gasteiger partial charge in [-0.15, -0.1) is 0 Å². The Morgan fingerprint density at radius 1 is 1.33 bits per heavy atom. The smallest absolute Gasteiger partial charge is 0.255 e. The van der Waals surface area contributed by atoms with Crippen molar-refractivity contribution in [2.45, 2.75) is 18.4 Å². The maximum absolute atomic E-state index is 13.4. The summed E-state index contributed by atoms with van der Waals surface area (Å²) in [6, 6.07) is 0.368. The van der Waals surface area contributed by atoms with Crippen LogP contribution in [0.4, 0.5) is 13.2 Å². The number of phenolic OH excluding ortho intramolecular Hbond substituents is 1. The molecule has 98 valence electrons. The van der Waals surface area contributed by atoms with Crippen LogP contribution in [0, 0.1) is 17.5 Å². The number of aromatic hydroxyl groups is 1. The SMILES string of the molecule is O=C(NC1(CO)CC1)c1cc(F)c(F)c(O)c1F. The molecule has 4 nitrogen and oxygen atoms in total. The van der Waals surface area contributed by atoms with Crippen molar-refractivity contribution in [2.24, 2.45) is 0 Å². The van der Waals surface area contributed by atoms with Gasteiger partial charge < -0.3 is 15.5 Å². The molecule has 0 atom stereocenters. The fourth-order valence-corrected chi connectivity index (χ4v) is 1.54. The zero-order valence-electron chi connectivity index (χ0n) is 9.14. The number of benzene rings is 1. The van der Waals surface area contributed by atoms with E-state index in [1.54, 1.807) is 0 Å². The van der Waals surface area contributed by atoms with Gasteiger partial charge in [-0.25, -0.2) is 8.78 Å². The van der Waals surface area contributed by atoms with Crippen LogP contribution in [0.2, 0.25) is 0 Å². The van der Waals surface area contributed by atoms with Crippen molar-refractivity contribution in [3.63, 3.8) is 0 Å². The number of nitrogens with one attached hydrogen (secondary N) is 1. The van der Waals surface area contributed by atoms with Crippen molar-refractivity contribution >= 4 is 5.91 Å². The second-order valence-electron chi connectivity index (χ2n) is 4.28. The van der Waals surface area contributed by atoms with Crippen molar-refractivity contribution in [3.05, 3.63) is 29.1 Å². The third-order valence-electron chi connectivity index (χ3n) is 2.91. The van der Waals surface area contributed by atoms with Crippen LogP contribution in [0.25, 0.3) is 0 Å². The van der Waals surface area contributed by atoms with Crippen LogP contribution in [0.1, 0.15) is 23.2 Å². The summed E-state index contributed by atoms with van der Waals surface area (Å²) in [5.41, 5.74) is -1.62. The largest absolute Gasteiger partial charge is 0.503 e. The summed E-state index contributed by atoms with van der Waals surface area (Å²) in [6.07, 6.45) is 1.04. The third-order valence-corrected chi connectivity index (χ3v) is 2.91. The van der Waals surface area contributed by atoms with Crippen LogP contribution in [-0.4, -0.2) is 28.3 Å². The lowest BCUT2D eigenvalue weighted by Gasteiger charge is -2.15. The van der Waals surface area contributed by atoms with Crippen LogP contribution in [-0.2, 0) is 0 Å². The van der Waals surface area contributed by atoms with E-state index >= 15 is 0 Å². The molecule has 1 aromatic rings. The molecule has 0 aliphatic heterocycles. The molecule has 0 bridgehead atoms. The van der Waals surface area contributed by atoms with Crippen LogP contribution < -0.4 is 5.32 Å². The molecule has 0 spiro atoms. The second-order valence-corrected chi connectivity index (χ2v) is 4.28. The Kier molecular flexibility index (Phi) is 2.94. The third kappa shape index (κ3) is 2.01. The van der Waals surface area contributed by atoms with E-state index in [0.29, 0.717) is 18.9 Å². The molecule has 1 aliphatic rings. The van der Waals surface area contributed by atoms with E-state index in [1.807, 2.05) is 0 Å². The molecule has 0 saturated heterocycles. The number of rotatable bonds is 3. The molecular formula is C11H10F3NO3. The molecule has 1 aliphatic carbocycles. The summed E-state index contributed by atoms with van der Waals surface area (Å²) < 4.78 is 39.2. The van der Waals surface area contributed by atoms with E-state index in [-0.39, 0.29) is 6.61 Å². The van der Waals surface area contributed by atoms with Crippen molar-refractivity contribution in [1.82, 2.24) is 5.32 Å². The van der Waals surface area contributed by atoms with Crippen molar-refractivity contribution in [2.75, 3.05) is 6.61 Å². The second kappa shape index (κ2) is 4.16. The Morgan fingerprint density at radius 2 is 1.94 bits per heavy atom. The first-order valence-corrected chi connectivity index (χ1v) is 5.20. The van der Waals surface area contributed by atoms with Crippen LogP contribution in [0.15, 0.2) is 6.07 Å². The summed E-state index contributed by atoms with van der Waals surface area (Å²) >= 11 is 0. The Hall–Kier alpha value is -1.76. The van der Waals surface area contributed by atoms with Crippen LogP contribution in [0.3, 0.4) is 0 Å². The predicted molar refractivity (Wildman–Crippen MR) is 54.5 cm³/mol. The lowest BCUT2D eigenvalue weighted by molar-refractivity contribution is 0.0901. The summed E-state index contributed by atoms with van der Waals surface area (Å²) in [7, 11) is 0. The molecule has 0 radical (unpaired) electrons. The van der Waals surface area contributed by atoms with Gasteiger partial charge in [0.25, 0.3) is 5.91 Å². The van der Waals surface area contributed by atoms with E-state index < -0.39 is 40.2 Å². The van der Waals surface area contributed by atoms with Crippen LogP contribution in [0.5, 0.6) is 5.75 Å². The Balaban J connectivity index is 2.31. The number of hydrogen-bond donors (Lipinski definition) is 3. The first-order valence-electron chi connectivity index (χ1n) is 5.20. The minimum absolute atomic E-state index is 0.323. The van der Waals surface area contributed by atoms with Crippen LogP contribution >= 0.6 is 0 Å². The van der Waals surface area contributed by atoms with E-state index in [4.69, 9.17) is 10.2 Å². The highest BCUT2D eigenvalue weighted by Crippen LogP contribution is 2.35. The Morgan fingerprint density at radius 3 is 2.44 bits per heavy atom. The fourth-order valence-electron chi connectivity index (χ4n) is 1.54. The zero-order valence-corrected chi connectivity index (χ0v) is 9.14. The zero-order chi connectivity index (χ0) is 13.5. The number of halogens is 3. The van der Waals surface area contributed by atoms with E-state index in [1.165, 1.54) is 0 Å². The van der Waals surface area contributed by atoms with Gasteiger partial charge in [0.1, 0.15) is 0 Å². The minimum Gasteiger partial charge on any atom is -0.503 e. The molecule has 1 fully saturated rings. The first kappa shape index (κ1) is 12.7. The quantitative estimate of drug-likeness (QED) is 0.713. The average molecular weight is 261 g/mol. The Labute approximate surface area is 100 Å². The average Bonchev–Trinajstić information content (AvgIpc) is 3.11. The molecule has 0 aromatic heterocycles. The van der Waals surface area contributed by atoms with Gasteiger partial charge in [-0.3, -0.25) is 4.79 Å². The maximum Gasteiger partial charge on any atom is 0.255 e. The first-order chi connectivity index (χ1) is 8.40. The summed E-state index contributed by atoms with van der Waals surface area (Å²) in [5, 5.41) is 20.3. The van der Waals surface area contributed by atoms with Gasteiger partial charge in [0.2, 0.25) is 5.82 Å². The van der Waals surface area contributed by atoms with E-state index in [2.05, 4.69) is 5.32 Å². The number of phenols is 1. The van der Waals surface area contributed by atoms with E-state index in [0.717, 1.165) is 0 Å². The van der Waals surface area contributed by atoms with E-state index in [9.17, 15) is 18.0 Å². The number of aliphatic hydroxyl groups is 1. The normalized spacial score (nSPS) is 16.4. The standard InChI is InChI=1S/C11H10F3NO3/c12-6-3-5(7(13)9(17)8(6)14)10(18)15-11(4-16)1-2-11/h3,16-17H,1-2,4H2,(H,15,18). The highest BCUT2D eigenvalue weighted by Gasteiger charge is 2.44. The van der Waals surface area contributed by atoms with Gasteiger partial charge in [-0.1, -0.05) is 0 Å². The van der Waals surface area contributed by atoms with Gasteiger partial charge in [0.05, 0.1) is 17.7 Å². The van der Waals surface area contributed by atoms with Gasteiger partial charge in [0, 0.05) is 0 Å². The van der Waals surface area contributed by atoms with Crippen molar-refractivity contribution < 1.29 is 28.2 Å². The number of aliphatic hydroxyl groups excluding tert-OH is 1. The molecule has 18 heavy (non-hydrogen) atoms. The summed E-state index contributed by atoms with van der Waals surface area (Å²) in [4.78, 5) is 11.6. The lowest BCUT2D eigenvalue weighted by Crippen LogP contribution is -2.40. The molecule has 7 heteroatoms. The molecule has 0 unspecified atom stereocenters. The number of carbonyl (C=O) groups excluding carboxylic acids is 1. The molecule has 2 rings (SSSR count). The molecule has 1 aromatic carbocycles. The topological polar surface area (TPSA) is 69.6 Å². The summed E-state index contributed by atoms with van der Waals surface area (Å²) in [5.74, 6) is -7.33. The highest BCUT2D eigenvalue weighted by molar-refractivity contribution is 5.95. The van der Waals surface area contributed by atoms with Gasteiger partial charge >= 0.3 is 0 Å². The molecular weight excluding hydrogens is 251 g/mol. The lowest BCUT2D eigenvalue weighted by atomic mass is 10.1. The predicted octanol–water partition coefficient (Wildman–Crippen LogP) is 1.06. The molecule has 3 N–H and O–H groups in total. The summed E-state index contributed by atoms with van der Waals surface area (Å²) in [6.45, 7) is -0.323.